The number of benzene rings is 1. The largest absolute Gasteiger partial charge is 0.465 e. The number of ether oxygens (including phenoxy) is 1. The number of carbonyl (C=O) groups is 3. The molecule has 2 aliphatic rings. The van der Waals surface area contributed by atoms with Crippen molar-refractivity contribution in [1.82, 2.24) is 10.6 Å². The van der Waals surface area contributed by atoms with Gasteiger partial charge in [0.2, 0.25) is 11.8 Å². The number of imide groups is 1. The Hall–Kier alpha value is -2.28. The summed E-state index contributed by atoms with van der Waals surface area (Å²) >= 11 is 0. The van der Waals surface area contributed by atoms with Crippen LogP contribution < -0.4 is 10.6 Å². The first-order valence-electron chi connectivity index (χ1n) is 7.05. The third-order valence-electron chi connectivity index (χ3n) is 4.06. The molecule has 4 atom stereocenters. The molecule has 7 heteroatoms. The smallest absolute Gasteiger partial charge is 0.323 e. The van der Waals surface area contributed by atoms with Gasteiger partial charge in [-0.25, -0.2) is 4.39 Å². The first-order valence-corrected chi connectivity index (χ1v) is 7.05. The molecule has 6 nitrogen and oxygen atoms in total. The third-order valence-corrected chi connectivity index (χ3v) is 4.06. The second-order valence-electron chi connectivity index (χ2n) is 5.33. The summed E-state index contributed by atoms with van der Waals surface area (Å²) in [7, 11) is 0. The molecular formula is C15H15FN2O4. The van der Waals surface area contributed by atoms with Crippen molar-refractivity contribution >= 4 is 17.8 Å². The third kappa shape index (κ3) is 2.27. The van der Waals surface area contributed by atoms with Crippen LogP contribution in [-0.2, 0) is 19.1 Å². The molecule has 0 bridgehead atoms. The van der Waals surface area contributed by atoms with Gasteiger partial charge in [0.05, 0.1) is 18.4 Å². The molecule has 2 N–H and O–H groups in total. The molecule has 2 heterocycles. The van der Waals surface area contributed by atoms with Gasteiger partial charge in [-0.05, 0) is 24.6 Å². The zero-order valence-electron chi connectivity index (χ0n) is 11.8. The molecule has 2 saturated heterocycles. The van der Waals surface area contributed by atoms with Gasteiger partial charge in [-0.3, -0.25) is 25.0 Å². The molecule has 0 unspecified atom stereocenters. The van der Waals surface area contributed by atoms with E-state index in [2.05, 4.69) is 10.6 Å². The van der Waals surface area contributed by atoms with E-state index >= 15 is 0 Å². The zero-order valence-corrected chi connectivity index (χ0v) is 11.8. The minimum absolute atomic E-state index is 0.175. The van der Waals surface area contributed by atoms with Crippen molar-refractivity contribution < 1.29 is 23.5 Å². The second-order valence-corrected chi connectivity index (χ2v) is 5.33. The molecule has 22 heavy (non-hydrogen) atoms. The number of rotatable bonds is 3. The van der Waals surface area contributed by atoms with Crippen molar-refractivity contribution in [3.05, 3.63) is 35.6 Å². The molecule has 0 aromatic heterocycles. The summed E-state index contributed by atoms with van der Waals surface area (Å²) in [6.45, 7) is 1.84. The van der Waals surface area contributed by atoms with Crippen LogP contribution in [0.4, 0.5) is 4.39 Å². The van der Waals surface area contributed by atoms with Gasteiger partial charge in [0.1, 0.15) is 11.9 Å². The van der Waals surface area contributed by atoms with Crippen LogP contribution in [0.2, 0.25) is 0 Å². The van der Waals surface area contributed by atoms with Crippen LogP contribution in [0.3, 0.4) is 0 Å². The molecule has 1 aromatic carbocycles. The van der Waals surface area contributed by atoms with E-state index in [0.29, 0.717) is 5.56 Å². The second kappa shape index (κ2) is 5.49. The van der Waals surface area contributed by atoms with Gasteiger partial charge in [-0.15, -0.1) is 0 Å². The summed E-state index contributed by atoms with van der Waals surface area (Å²) in [5.74, 6) is -3.56. The molecule has 0 radical (unpaired) electrons. The highest BCUT2D eigenvalue weighted by Crippen LogP contribution is 2.41. The standard InChI is InChI=1S/C15H15FN2O4/c1-2-22-15(21)12-10-9(13(19)18-14(10)20)11(17-12)7-4-3-5-8(16)6-7/h3-6,9-12,17H,2H2,1H3,(H,18,19,20)/t9-,10+,11-,12-/m0/s1. The molecule has 0 aliphatic carbocycles. The molecule has 2 amide bonds. The predicted octanol–water partition coefficient (Wildman–Crippen LogP) is 0.290. The van der Waals surface area contributed by atoms with Gasteiger partial charge < -0.3 is 4.74 Å². The van der Waals surface area contributed by atoms with Crippen molar-refractivity contribution in [3.8, 4) is 0 Å². The van der Waals surface area contributed by atoms with Crippen LogP contribution >= 0.6 is 0 Å². The lowest BCUT2D eigenvalue weighted by atomic mass is 9.86. The Morgan fingerprint density at radius 1 is 1.27 bits per heavy atom. The van der Waals surface area contributed by atoms with Crippen LogP contribution in [0.5, 0.6) is 0 Å². The van der Waals surface area contributed by atoms with Crippen molar-refractivity contribution in [1.29, 1.82) is 0 Å². The first kappa shape index (κ1) is 14.6. The van der Waals surface area contributed by atoms with Crippen LogP contribution in [0.15, 0.2) is 24.3 Å². The fourth-order valence-electron chi connectivity index (χ4n) is 3.18. The Kier molecular flexibility index (Phi) is 3.66. The highest BCUT2D eigenvalue weighted by Gasteiger charge is 2.58. The molecule has 1 aromatic rings. The van der Waals surface area contributed by atoms with Crippen LogP contribution in [0, 0.1) is 17.7 Å². The minimum Gasteiger partial charge on any atom is -0.465 e. The summed E-state index contributed by atoms with van der Waals surface area (Å²) in [6, 6.07) is 4.23. The molecule has 2 aliphatic heterocycles. The summed E-state index contributed by atoms with van der Waals surface area (Å²) in [5.41, 5.74) is 0.520. The fraction of sp³-hybridized carbons (Fsp3) is 0.400. The Labute approximate surface area is 126 Å². The molecular weight excluding hydrogens is 291 g/mol. The summed E-state index contributed by atoms with van der Waals surface area (Å²) in [6.07, 6.45) is 0. The molecule has 0 spiro atoms. The van der Waals surface area contributed by atoms with Crippen molar-refractivity contribution in [2.45, 2.75) is 19.0 Å². The quantitative estimate of drug-likeness (QED) is 0.619. The highest BCUT2D eigenvalue weighted by atomic mass is 19.1. The number of hydrogen-bond donors (Lipinski definition) is 2. The number of fused-ring (bicyclic) bond motifs is 1. The maximum absolute atomic E-state index is 13.4. The van der Waals surface area contributed by atoms with Crippen LogP contribution in [0.1, 0.15) is 18.5 Å². The van der Waals surface area contributed by atoms with Gasteiger partial charge in [0.25, 0.3) is 0 Å². The number of esters is 1. The number of nitrogens with one attached hydrogen (secondary N) is 2. The van der Waals surface area contributed by atoms with Gasteiger partial charge in [-0.2, -0.15) is 0 Å². The molecule has 2 fully saturated rings. The monoisotopic (exact) mass is 306 g/mol. The predicted molar refractivity (Wildman–Crippen MR) is 72.8 cm³/mol. The van der Waals surface area contributed by atoms with E-state index in [9.17, 15) is 18.8 Å². The number of halogens is 1. The van der Waals surface area contributed by atoms with E-state index in [4.69, 9.17) is 4.74 Å². The average molecular weight is 306 g/mol. The van der Waals surface area contributed by atoms with Gasteiger partial charge >= 0.3 is 5.97 Å². The van der Waals surface area contributed by atoms with Crippen molar-refractivity contribution in [2.24, 2.45) is 11.8 Å². The maximum Gasteiger partial charge on any atom is 0.323 e. The van der Waals surface area contributed by atoms with Gasteiger partial charge in [0.15, 0.2) is 0 Å². The SMILES string of the molecule is CCOC(=O)[C@H]1N[C@@H](c2cccc(F)c2)[C@H]2C(=O)NC(=O)[C@H]21. The number of amides is 2. The van der Waals surface area contributed by atoms with Crippen LogP contribution in [0.25, 0.3) is 0 Å². The number of carbonyl (C=O) groups excluding carboxylic acids is 3. The van der Waals surface area contributed by atoms with E-state index in [0.717, 1.165) is 0 Å². The Bertz CT molecular complexity index is 648. The maximum atomic E-state index is 13.4. The lowest BCUT2D eigenvalue weighted by molar-refractivity contribution is -0.148. The van der Waals surface area contributed by atoms with E-state index < -0.39 is 47.5 Å². The Morgan fingerprint density at radius 2 is 2.00 bits per heavy atom. The average Bonchev–Trinajstić information content (AvgIpc) is 2.99. The summed E-state index contributed by atoms with van der Waals surface area (Å²) in [4.78, 5) is 36.1. The molecule has 3 rings (SSSR count). The zero-order chi connectivity index (χ0) is 15.9. The lowest BCUT2D eigenvalue weighted by Crippen LogP contribution is -2.42. The minimum atomic E-state index is -0.912. The normalized spacial score (nSPS) is 30.1. The van der Waals surface area contributed by atoms with Crippen molar-refractivity contribution in [2.75, 3.05) is 6.61 Å². The van der Waals surface area contributed by atoms with E-state index in [-0.39, 0.29) is 6.61 Å². The Balaban J connectivity index is 1.97. The molecule has 0 saturated carbocycles. The fourth-order valence-corrected chi connectivity index (χ4v) is 3.18. The number of hydrogen-bond acceptors (Lipinski definition) is 5. The topological polar surface area (TPSA) is 84.5 Å². The van der Waals surface area contributed by atoms with Gasteiger partial charge in [-0.1, -0.05) is 12.1 Å². The van der Waals surface area contributed by atoms with E-state index in [1.807, 2.05) is 0 Å². The van der Waals surface area contributed by atoms with Crippen LogP contribution in [-0.4, -0.2) is 30.4 Å². The summed E-state index contributed by atoms with van der Waals surface area (Å²) in [5, 5.41) is 5.20. The lowest BCUT2D eigenvalue weighted by Gasteiger charge is -2.17. The summed E-state index contributed by atoms with van der Waals surface area (Å²) < 4.78 is 18.4. The molecule has 116 valence electrons. The van der Waals surface area contributed by atoms with E-state index in [1.54, 1.807) is 13.0 Å². The van der Waals surface area contributed by atoms with Gasteiger partial charge in [0, 0.05) is 6.04 Å². The Morgan fingerprint density at radius 3 is 2.68 bits per heavy atom. The van der Waals surface area contributed by atoms with E-state index in [1.165, 1.54) is 18.2 Å². The first-order chi connectivity index (χ1) is 10.5. The van der Waals surface area contributed by atoms with Crippen molar-refractivity contribution in [3.63, 3.8) is 0 Å². The highest BCUT2D eigenvalue weighted by molar-refractivity contribution is 6.08.